The quantitative estimate of drug-likeness (QED) is 0.737. The number of carbonyl (C=O) groups is 3. The van der Waals surface area contributed by atoms with E-state index >= 15 is 0 Å². The molecule has 0 radical (unpaired) electrons. The highest BCUT2D eigenvalue weighted by atomic mass is 16.2. The minimum atomic E-state index is -0.0827. The molecule has 0 saturated carbocycles. The third-order valence-corrected chi connectivity index (χ3v) is 4.51. The van der Waals surface area contributed by atoms with Crippen LogP contribution in [-0.4, -0.2) is 72.2 Å². The molecule has 1 aliphatic rings. The Morgan fingerprint density at radius 1 is 1.09 bits per heavy atom. The fourth-order valence-corrected chi connectivity index (χ4v) is 2.98. The van der Waals surface area contributed by atoms with Crippen LogP contribution in [0.25, 0.3) is 0 Å². The number of carbonyl (C=O) groups excluding carboxylic acids is 3. The van der Waals surface area contributed by atoms with E-state index in [4.69, 9.17) is 0 Å². The molecule has 0 bridgehead atoms. The first kappa shape index (κ1) is 19.5. The summed E-state index contributed by atoms with van der Waals surface area (Å²) in [7, 11) is 1.69. The smallest absolute Gasteiger partial charge is 0.242 e. The van der Waals surface area contributed by atoms with Gasteiger partial charge in [0.2, 0.25) is 17.7 Å². The monoisotopic (exact) mass is 325 g/mol. The fraction of sp³-hybridized carbons (Fsp3) is 0.824. The fourth-order valence-electron chi connectivity index (χ4n) is 2.98. The molecule has 6 heteroatoms. The molecule has 0 N–H and O–H groups in total. The SMILES string of the molecule is CCN(CC)C(=O)CN(C)C(=O)C1CCN(C(=O)C(C)C)CC1. The highest BCUT2D eigenvalue weighted by Gasteiger charge is 2.30. The van der Waals surface area contributed by atoms with Crippen LogP contribution in [0.2, 0.25) is 0 Å². The van der Waals surface area contributed by atoms with Crippen LogP contribution in [0.1, 0.15) is 40.5 Å². The van der Waals surface area contributed by atoms with Gasteiger partial charge in [-0.05, 0) is 26.7 Å². The molecule has 0 atom stereocenters. The van der Waals surface area contributed by atoms with E-state index in [2.05, 4.69) is 0 Å². The highest BCUT2D eigenvalue weighted by Crippen LogP contribution is 2.20. The molecular formula is C17H31N3O3. The Morgan fingerprint density at radius 3 is 2.04 bits per heavy atom. The van der Waals surface area contributed by atoms with Crippen LogP contribution in [0.4, 0.5) is 0 Å². The van der Waals surface area contributed by atoms with E-state index in [1.54, 1.807) is 11.9 Å². The Kier molecular flexibility index (Phi) is 7.52. The van der Waals surface area contributed by atoms with E-state index in [1.807, 2.05) is 32.6 Å². The van der Waals surface area contributed by atoms with Crippen LogP contribution in [0.5, 0.6) is 0 Å². The largest absolute Gasteiger partial charge is 0.342 e. The van der Waals surface area contributed by atoms with Crippen molar-refractivity contribution in [1.29, 1.82) is 0 Å². The number of piperidine rings is 1. The molecule has 0 aliphatic carbocycles. The summed E-state index contributed by atoms with van der Waals surface area (Å²) in [4.78, 5) is 41.7. The topological polar surface area (TPSA) is 60.9 Å². The van der Waals surface area contributed by atoms with Gasteiger partial charge >= 0.3 is 0 Å². The van der Waals surface area contributed by atoms with Crippen molar-refractivity contribution in [2.75, 3.05) is 39.8 Å². The summed E-state index contributed by atoms with van der Waals surface area (Å²) in [6.07, 6.45) is 1.36. The molecule has 1 saturated heterocycles. The van der Waals surface area contributed by atoms with Gasteiger partial charge in [0.15, 0.2) is 0 Å². The predicted molar refractivity (Wildman–Crippen MR) is 89.7 cm³/mol. The lowest BCUT2D eigenvalue weighted by molar-refractivity contribution is -0.144. The lowest BCUT2D eigenvalue weighted by atomic mass is 9.94. The van der Waals surface area contributed by atoms with E-state index in [9.17, 15) is 14.4 Å². The molecule has 0 spiro atoms. The third kappa shape index (κ3) is 5.22. The lowest BCUT2D eigenvalue weighted by Crippen LogP contribution is -2.47. The van der Waals surface area contributed by atoms with Crippen LogP contribution >= 0.6 is 0 Å². The van der Waals surface area contributed by atoms with Crippen LogP contribution in [-0.2, 0) is 14.4 Å². The molecule has 0 aromatic carbocycles. The summed E-state index contributed by atoms with van der Waals surface area (Å²) in [5, 5.41) is 0. The first-order valence-electron chi connectivity index (χ1n) is 8.63. The molecule has 1 aliphatic heterocycles. The van der Waals surface area contributed by atoms with E-state index in [1.165, 1.54) is 4.90 Å². The second-order valence-electron chi connectivity index (χ2n) is 6.51. The van der Waals surface area contributed by atoms with Crippen molar-refractivity contribution >= 4 is 17.7 Å². The normalized spacial score (nSPS) is 15.7. The van der Waals surface area contributed by atoms with Crippen molar-refractivity contribution in [2.24, 2.45) is 11.8 Å². The molecule has 23 heavy (non-hydrogen) atoms. The molecule has 0 unspecified atom stereocenters. The van der Waals surface area contributed by atoms with Gasteiger partial charge in [0.1, 0.15) is 0 Å². The Morgan fingerprint density at radius 2 is 1.61 bits per heavy atom. The summed E-state index contributed by atoms with van der Waals surface area (Å²) in [5.74, 6) is 0.0683. The van der Waals surface area contributed by atoms with Gasteiger partial charge in [-0.2, -0.15) is 0 Å². The van der Waals surface area contributed by atoms with Gasteiger partial charge in [0, 0.05) is 45.1 Å². The molecule has 1 rings (SSSR count). The number of nitrogens with zero attached hydrogens (tertiary/aromatic N) is 3. The summed E-state index contributed by atoms with van der Waals surface area (Å²) in [6, 6.07) is 0. The second kappa shape index (κ2) is 8.89. The Hall–Kier alpha value is -1.59. The maximum atomic E-state index is 12.5. The van der Waals surface area contributed by atoms with Gasteiger partial charge < -0.3 is 14.7 Å². The molecule has 6 nitrogen and oxygen atoms in total. The van der Waals surface area contributed by atoms with Crippen LogP contribution in [0.3, 0.4) is 0 Å². The molecule has 1 fully saturated rings. The van der Waals surface area contributed by atoms with Crippen LogP contribution in [0, 0.1) is 11.8 Å². The van der Waals surface area contributed by atoms with Crippen molar-refractivity contribution in [1.82, 2.24) is 14.7 Å². The molecule has 0 aromatic rings. The average Bonchev–Trinajstić information content (AvgIpc) is 2.54. The van der Waals surface area contributed by atoms with E-state index in [-0.39, 0.29) is 36.1 Å². The zero-order valence-corrected chi connectivity index (χ0v) is 15.2. The second-order valence-corrected chi connectivity index (χ2v) is 6.51. The first-order valence-corrected chi connectivity index (χ1v) is 8.63. The molecule has 0 aromatic heterocycles. The third-order valence-electron chi connectivity index (χ3n) is 4.51. The zero-order valence-electron chi connectivity index (χ0n) is 15.2. The van der Waals surface area contributed by atoms with Gasteiger partial charge in [-0.15, -0.1) is 0 Å². The van der Waals surface area contributed by atoms with Gasteiger partial charge in [-0.25, -0.2) is 0 Å². The standard InChI is InChI=1S/C17H31N3O3/c1-6-19(7-2)15(21)12-18(5)17(23)14-8-10-20(11-9-14)16(22)13(3)4/h13-14H,6-12H2,1-5H3. The number of likely N-dealkylation sites (tertiary alicyclic amines) is 1. The minimum absolute atomic E-state index is 0.00313. The number of likely N-dealkylation sites (N-methyl/N-ethyl adjacent to an activating group) is 2. The van der Waals surface area contributed by atoms with Crippen molar-refractivity contribution in [3.63, 3.8) is 0 Å². The number of hydrogen-bond acceptors (Lipinski definition) is 3. The average molecular weight is 325 g/mol. The summed E-state index contributed by atoms with van der Waals surface area (Å²) in [6.45, 7) is 10.4. The predicted octanol–water partition coefficient (Wildman–Crippen LogP) is 1.21. The minimum Gasteiger partial charge on any atom is -0.342 e. The Labute approximate surface area is 139 Å². The molecule has 1 heterocycles. The summed E-state index contributed by atoms with van der Waals surface area (Å²) in [5.41, 5.74) is 0. The van der Waals surface area contributed by atoms with Gasteiger partial charge in [-0.3, -0.25) is 14.4 Å². The highest BCUT2D eigenvalue weighted by molar-refractivity contribution is 5.86. The van der Waals surface area contributed by atoms with Gasteiger partial charge in [-0.1, -0.05) is 13.8 Å². The van der Waals surface area contributed by atoms with Crippen molar-refractivity contribution < 1.29 is 14.4 Å². The van der Waals surface area contributed by atoms with E-state index < -0.39 is 0 Å². The Balaban J connectivity index is 2.50. The number of amides is 3. The summed E-state index contributed by atoms with van der Waals surface area (Å²) < 4.78 is 0. The van der Waals surface area contributed by atoms with Gasteiger partial charge in [0.25, 0.3) is 0 Å². The van der Waals surface area contributed by atoms with E-state index in [0.29, 0.717) is 39.0 Å². The van der Waals surface area contributed by atoms with Crippen molar-refractivity contribution in [2.45, 2.75) is 40.5 Å². The molecule has 3 amide bonds. The maximum absolute atomic E-state index is 12.5. The number of hydrogen-bond donors (Lipinski definition) is 0. The van der Waals surface area contributed by atoms with Crippen molar-refractivity contribution in [3.8, 4) is 0 Å². The van der Waals surface area contributed by atoms with Crippen LogP contribution < -0.4 is 0 Å². The first-order chi connectivity index (χ1) is 10.8. The maximum Gasteiger partial charge on any atom is 0.242 e. The Bertz CT molecular complexity index is 425. The molecule has 132 valence electrons. The van der Waals surface area contributed by atoms with E-state index in [0.717, 1.165) is 0 Å². The van der Waals surface area contributed by atoms with Gasteiger partial charge in [0.05, 0.1) is 6.54 Å². The zero-order chi connectivity index (χ0) is 17.6. The van der Waals surface area contributed by atoms with Crippen LogP contribution in [0.15, 0.2) is 0 Å². The summed E-state index contributed by atoms with van der Waals surface area (Å²) >= 11 is 0. The van der Waals surface area contributed by atoms with Crippen molar-refractivity contribution in [3.05, 3.63) is 0 Å². The number of rotatable bonds is 6. The lowest BCUT2D eigenvalue weighted by Gasteiger charge is -2.34. The molecular weight excluding hydrogens is 294 g/mol.